The van der Waals surface area contributed by atoms with Crippen LogP contribution in [0.5, 0.6) is 11.6 Å². The van der Waals surface area contributed by atoms with E-state index in [1.54, 1.807) is 23.0 Å². The summed E-state index contributed by atoms with van der Waals surface area (Å²) < 4.78 is 20.2. The third-order valence-electron chi connectivity index (χ3n) is 4.14. The van der Waals surface area contributed by atoms with Crippen molar-refractivity contribution in [3.8, 4) is 17.3 Å². The van der Waals surface area contributed by atoms with Crippen molar-refractivity contribution in [1.29, 1.82) is 0 Å². The van der Waals surface area contributed by atoms with Gasteiger partial charge >= 0.3 is 6.03 Å². The van der Waals surface area contributed by atoms with Crippen LogP contribution in [0.15, 0.2) is 85.3 Å². The van der Waals surface area contributed by atoms with Crippen molar-refractivity contribution < 1.29 is 13.9 Å². The number of nitrogens with one attached hydrogen (secondary N) is 2. The van der Waals surface area contributed by atoms with Gasteiger partial charge in [0.1, 0.15) is 11.6 Å². The van der Waals surface area contributed by atoms with Gasteiger partial charge in [0.2, 0.25) is 5.88 Å². The number of amides is 2. The van der Waals surface area contributed by atoms with Crippen molar-refractivity contribution in [2.24, 2.45) is 0 Å². The second kappa shape index (κ2) is 8.87. The standard InChI is InChI=1S/C22H18FN5O2/c23-17-6-9-20(10-7-17)30-21-11-8-18(14-24-21)27-22(29)25-12-16-13-26-28(15-16)19-4-2-1-3-5-19/h1-11,13-15H,12H2,(H2,25,27,29). The van der Waals surface area contributed by atoms with Crippen LogP contribution in [0, 0.1) is 5.82 Å². The molecule has 2 aromatic carbocycles. The second-order valence-electron chi connectivity index (χ2n) is 6.38. The largest absolute Gasteiger partial charge is 0.439 e. The minimum atomic E-state index is -0.364. The van der Waals surface area contributed by atoms with Gasteiger partial charge < -0.3 is 15.4 Å². The summed E-state index contributed by atoms with van der Waals surface area (Å²) in [5.74, 6) is 0.465. The van der Waals surface area contributed by atoms with Crippen molar-refractivity contribution in [2.45, 2.75) is 6.54 Å². The molecular formula is C22H18FN5O2. The Morgan fingerprint density at radius 3 is 2.53 bits per heavy atom. The van der Waals surface area contributed by atoms with Gasteiger partial charge in [-0.25, -0.2) is 18.9 Å². The van der Waals surface area contributed by atoms with Crippen LogP contribution >= 0.6 is 0 Å². The number of pyridine rings is 1. The molecule has 0 atom stereocenters. The van der Waals surface area contributed by atoms with Crippen LogP contribution < -0.4 is 15.4 Å². The zero-order valence-electron chi connectivity index (χ0n) is 15.8. The van der Waals surface area contributed by atoms with Crippen molar-refractivity contribution >= 4 is 11.7 Å². The van der Waals surface area contributed by atoms with Gasteiger partial charge in [-0.2, -0.15) is 5.10 Å². The quantitative estimate of drug-likeness (QED) is 0.496. The molecule has 0 unspecified atom stereocenters. The van der Waals surface area contributed by atoms with Gasteiger partial charge in [0, 0.05) is 24.4 Å². The molecule has 2 aromatic heterocycles. The molecule has 0 saturated heterocycles. The average Bonchev–Trinajstić information content (AvgIpc) is 3.25. The van der Waals surface area contributed by atoms with E-state index in [0.29, 0.717) is 23.9 Å². The molecule has 2 heterocycles. The first-order valence-corrected chi connectivity index (χ1v) is 9.19. The van der Waals surface area contributed by atoms with Crippen molar-refractivity contribution in [1.82, 2.24) is 20.1 Å². The molecule has 2 amide bonds. The van der Waals surface area contributed by atoms with Crippen LogP contribution in [-0.2, 0) is 6.54 Å². The lowest BCUT2D eigenvalue weighted by molar-refractivity contribution is 0.251. The number of carbonyl (C=O) groups excluding carboxylic acids is 1. The Morgan fingerprint density at radius 1 is 1.00 bits per heavy atom. The summed E-state index contributed by atoms with van der Waals surface area (Å²) in [6.45, 7) is 0.331. The monoisotopic (exact) mass is 403 g/mol. The van der Waals surface area contributed by atoms with E-state index < -0.39 is 0 Å². The SMILES string of the molecule is O=C(NCc1cnn(-c2ccccc2)c1)Nc1ccc(Oc2ccc(F)cc2)nc1. The van der Waals surface area contributed by atoms with Crippen LogP contribution in [0.2, 0.25) is 0 Å². The first-order chi connectivity index (χ1) is 14.7. The van der Waals surface area contributed by atoms with E-state index in [2.05, 4.69) is 20.7 Å². The van der Waals surface area contributed by atoms with Gasteiger partial charge in [-0.3, -0.25) is 0 Å². The van der Waals surface area contributed by atoms with Crippen LogP contribution in [0.3, 0.4) is 0 Å². The number of para-hydroxylation sites is 1. The molecule has 2 N–H and O–H groups in total. The Labute approximate surface area is 172 Å². The van der Waals surface area contributed by atoms with Gasteiger partial charge in [0.15, 0.2) is 0 Å². The van der Waals surface area contributed by atoms with Gasteiger partial charge in [-0.05, 0) is 42.5 Å². The number of ether oxygens (including phenoxy) is 1. The predicted octanol–water partition coefficient (Wildman–Crippen LogP) is 4.52. The maximum Gasteiger partial charge on any atom is 0.319 e. The molecule has 4 rings (SSSR count). The maximum atomic E-state index is 12.9. The van der Waals surface area contributed by atoms with Crippen molar-refractivity contribution in [3.05, 3.63) is 96.7 Å². The Bertz CT molecular complexity index is 1110. The summed E-state index contributed by atoms with van der Waals surface area (Å²) in [6, 6.07) is 18.3. The van der Waals surface area contributed by atoms with Crippen molar-refractivity contribution in [2.75, 3.05) is 5.32 Å². The summed E-state index contributed by atoms with van der Waals surface area (Å²) in [5, 5.41) is 9.78. The number of urea groups is 1. The number of halogens is 1. The minimum Gasteiger partial charge on any atom is -0.439 e. The number of rotatable bonds is 6. The molecule has 0 saturated carbocycles. The molecule has 8 heteroatoms. The number of anilines is 1. The number of benzene rings is 2. The number of hydrogen-bond acceptors (Lipinski definition) is 4. The third kappa shape index (κ3) is 4.99. The fourth-order valence-electron chi connectivity index (χ4n) is 2.67. The highest BCUT2D eigenvalue weighted by molar-refractivity contribution is 5.88. The number of hydrogen-bond donors (Lipinski definition) is 2. The lowest BCUT2D eigenvalue weighted by Crippen LogP contribution is -2.28. The fourth-order valence-corrected chi connectivity index (χ4v) is 2.67. The highest BCUT2D eigenvalue weighted by Gasteiger charge is 2.06. The summed E-state index contributed by atoms with van der Waals surface area (Å²) in [5.41, 5.74) is 2.33. The Balaban J connectivity index is 1.28. The smallest absolute Gasteiger partial charge is 0.319 e. The normalized spacial score (nSPS) is 10.4. The molecule has 4 aromatic rings. The lowest BCUT2D eigenvalue weighted by Gasteiger charge is -2.08. The average molecular weight is 403 g/mol. The van der Waals surface area contributed by atoms with Crippen molar-refractivity contribution in [3.63, 3.8) is 0 Å². The number of nitrogens with zero attached hydrogens (tertiary/aromatic N) is 3. The fraction of sp³-hybridized carbons (Fsp3) is 0.0455. The summed E-state index contributed by atoms with van der Waals surface area (Å²) in [7, 11) is 0. The van der Waals surface area contributed by atoms with Crippen LogP contribution in [-0.4, -0.2) is 20.8 Å². The molecule has 0 aliphatic heterocycles. The van der Waals surface area contributed by atoms with E-state index in [0.717, 1.165) is 11.3 Å². The van der Waals surface area contributed by atoms with Gasteiger partial charge in [-0.1, -0.05) is 18.2 Å². The molecule has 30 heavy (non-hydrogen) atoms. The lowest BCUT2D eigenvalue weighted by atomic mass is 10.3. The molecule has 0 aliphatic carbocycles. The van der Waals surface area contributed by atoms with E-state index in [9.17, 15) is 9.18 Å². The van der Waals surface area contributed by atoms with E-state index in [-0.39, 0.29) is 11.8 Å². The summed E-state index contributed by atoms with van der Waals surface area (Å²) in [4.78, 5) is 16.3. The first kappa shape index (κ1) is 19.1. The van der Waals surface area contributed by atoms with Gasteiger partial charge in [0.25, 0.3) is 0 Å². The summed E-state index contributed by atoms with van der Waals surface area (Å²) >= 11 is 0. The highest BCUT2D eigenvalue weighted by Crippen LogP contribution is 2.20. The van der Waals surface area contributed by atoms with Crippen LogP contribution in [0.25, 0.3) is 5.69 Å². The zero-order chi connectivity index (χ0) is 20.8. The van der Waals surface area contributed by atoms with E-state index in [1.165, 1.54) is 30.5 Å². The van der Waals surface area contributed by atoms with Gasteiger partial charge in [-0.15, -0.1) is 0 Å². The predicted molar refractivity (Wildman–Crippen MR) is 110 cm³/mol. The Kier molecular flexibility index (Phi) is 5.66. The molecule has 0 aliphatic rings. The van der Waals surface area contributed by atoms with Crippen LogP contribution in [0.1, 0.15) is 5.56 Å². The van der Waals surface area contributed by atoms with Crippen LogP contribution in [0.4, 0.5) is 14.9 Å². The molecule has 7 nitrogen and oxygen atoms in total. The third-order valence-corrected chi connectivity index (χ3v) is 4.14. The Morgan fingerprint density at radius 2 is 1.80 bits per heavy atom. The second-order valence-corrected chi connectivity index (χ2v) is 6.38. The number of carbonyl (C=O) groups is 1. The maximum absolute atomic E-state index is 12.9. The van der Waals surface area contributed by atoms with E-state index in [4.69, 9.17) is 4.74 Å². The van der Waals surface area contributed by atoms with E-state index >= 15 is 0 Å². The van der Waals surface area contributed by atoms with E-state index in [1.807, 2.05) is 36.5 Å². The number of aromatic nitrogens is 3. The summed E-state index contributed by atoms with van der Waals surface area (Å²) in [6.07, 6.45) is 5.04. The van der Waals surface area contributed by atoms with Gasteiger partial charge in [0.05, 0.1) is 23.8 Å². The molecule has 0 radical (unpaired) electrons. The minimum absolute atomic E-state index is 0.331. The molecular weight excluding hydrogens is 385 g/mol. The molecule has 0 fully saturated rings. The molecule has 0 spiro atoms. The zero-order valence-corrected chi connectivity index (χ0v) is 15.8. The topological polar surface area (TPSA) is 81.1 Å². The first-order valence-electron chi connectivity index (χ1n) is 9.19. The highest BCUT2D eigenvalue weighted by atomic mass is 19.1. The molecule has 150 valence electrons. The Hall–Kier alpha value is -4.20. The molecule has 0 bridgehead atoms.